The van der Waals surface area contributed by atoms with Crippen LogP contribution in [0.4, 0.5) is 5.95 Å². The average molecular weight is 395 g/mol. The third-order valence-electron chi connectivity index (χ3n) is 5.80. The Morgan fingerprint density at radius 1 is 1.24 bits per heavy atom. The Balaban J connectivity index is 1.28. The molecule has 8 nitrogen and oxygen atoms in total. The van der Waals surface area contributed by atoms with E-state index in [-0.39, 0.29) is 23.5 Å². The van der Waals surface area contributed by atoms with E-state index in [1.54, 1.807) is 0 Å². The number of nitrogens with one attached hydrogen (secondary N) is 1. The Morgan fingerprint density at radius 2 is 2.10 bits per heavy atom. The summed E-state index contributed by atoms with van der Waals surface area (Å²) in [6.45, 7) is 4.78. The van der Waals surface area contributed by atoms with E-state index in [1.807, 2.05) is 28.8 Å². The van der Waals surface area contributed by atoms with Crippen molar-refractivity contribution in [3.63, 3.8) is 0 Å². The largest absolute Gasteiger partial charge is 0.372 e. The highest BCUT2D eigenvalue weighted by Crippen LogP contribution is 2.30. The Kier molecular flexibility index (Phi) is 4.38. The van der Waals surface area contributed by atoms with Gasteiger partial charge in [-0.05, 0) is 45.2 Å². The second-order valence-electron chi connectivity index (χ2n) is 8.63. The third-order valence-corrected chi connectivity index (χ3v) is 5.80. The fraction of sp³-hybridized carbons (Fsp3) is 0.524. The van der Waals surface area contributed by atoms with Gasteiger partial charge in [-0.15, -0.1) is 0 Å². The molecular weight excluding hydrogens is 370 g/mol. The Bertz CT molecular complexity index is 1050. The van der Waals surface area contributed by atoms with Crippen LogP contribution in [0.2, 0.25) is 0 Å². The van der Waals surface area contributed by atoms with Gasteiger partial charge in [-0.2, -0.15) is 4.98 Å². The van der Waals surface area contributed by atoms with Crippen LogP contribution in [0.3, 0.4) is 0 Å². The van der Waals surface area contributed by atoms with Gasteiger partial charge in [0.15, 0.2) is 5.82 Å². The zero-order valence-electron chi connectivity index (χ0n) is 16.7. The summed E-state index contributed by atoms with van der Waals surface area (Å²) in [6, 6.07) is 7.87. The summed E-state index contributed by atoms with van der Waals surface area (Å²) in [6.07, 6.45) is 4.38. The quantitative estimate of drug-likeness (QED) is 0.729. The van der Waals surface area contributed by atoms with E-state index in [0.29, 0.717) is 37.0 Å². The number of imidazole rings is 1. The molecule has 0 saturated carbocycles. The number of ether oxygens (including phenoxy) is 1. The van der Waals surface area contributed by atoms with Crippen LogP contribution in [-0.2, 0) is 28.9 Å². The standard InChI is InChI=1S/C21H25N5O3/c1-21(2)9-5-6-14(28-21)11-17-23-18(29-25-17)10-13-12-26-16-8-4-3-7-15(16)22-20(26)24-19(13)27/h3-4,7-8,13-14H,5-6,9-12H2,1-2H3,(H,22,24,27). The van der Waals surface area contributed by atoms with Crippen molar-refractivity contribution in [2.24, 2.45) is 5.92 Å². The van der Waals surface area contributed by atoms with Gasteiger partial charge < -0.3 is 13.8 Å². The van der Waals surface area contributed by atoms with Crippen molar-refractivity contribution >= 4 is 22.9 Å². The summed E-state index contributed by atoms with van der Waals surface area (Å²) < 4.78 is 13.6. The molecule has 2 aromatic heterocycles. The molecule has 5 rings (SSSR count). The van der Waals surface area contributed by atoms with Gasteiger partial charge >= 0.3 is 0 Å². The number of carbonyl (C=O) groups excluding carboxylic acids is 1. The monoisotopic (exact) mass is 395 g/mol. The van der Waals surface area contributed by atoms with Crippen LogP contribution in [0, 0.1) is 5.92 Å². The highest BCUT2D eigenvalue weighted by molar-refractivity contribution is 5.95. The van der Waals surface area contributed by atoms with Crippen LogP contribution in [0.15, 0.2) is 28.8 Å². The van der Waals surface area contributed by atoms with Crippen molar-refractivity contribution < 1.29 is 14.1 Å². The SMILES string of the molecule is CC1(C)CCCC(Cc2noc(CC3Cn4c(nc5ccccc54)NC3=O)n2)O1. The molecule has 152 valence electrons. The predicted molar refractivity (Wildman–Crippen MR) is 106 cm³/mol. The van der Waals surface area contributed by atoms with Gasteiger partial charge in [-0.1, -0.05) is 17.3 Å². The fourth-order valence-electron chi connectivity index (χ4n) is 4.37. The zero-order chi connectivity index (χ0) is 20.0. The minimum atomic E-state index is -0.279. The molecular formula is C21H25N5O3. The molecule has 2 aliphatic heterocycles. The molecule has 0 bridgehead atoms. The zero-order valence-corrected chi connectivity index (χ0v) is 16.7. The Labute approximate surface area is 168 Å². The minimum absolute atomic E-state index is 0.0649. The Hall–Kier alpha value is -2.74. The summed E-state index contributed by atoms with van der Waals surface area (Å²) >= 11 is 0. The van der Waals surface area contributed by atoms with E-state index in [1.165, 1.54) is 0 Å². The number of anilines is 1. The number of carbonyl (C=O) groups is 1. The molecule has 2 unspecified atom stereocenters. The van der Waals surface area contributed by atoms with Crippen LogP contribution in [0.1, 0.15) is 44.8 Å². The van der Waals surface area contributed by atoms with Crippen molar-refractivity contribution in [2.75, 3.05) is 5.32 Å². The smallest absolute Gasteiger partial charge is 0.232 e. The van der Waals surface area contributed by atoms with Crippen molar-refractivity contribution in [2.45, 2.75) is 64.2 Å². The molecule has 0 spiro atoms. The van der Waals surface area contributed by atoms with Gasteiger partial charge in [0.2, 0.25) is 17.7 Å². The second-order valence-corrected chi connectivity index (χ2v) is 8.63. The topological polar surface area (TPSA) is 95.1 Å². The van der Waals surface area contributed by atoms with Gasteiger partial charge in [0.1, 0.15) is 0 Å². The van der Waals surface area contributed by atoms with E-state index in [4.69, 9.17) is 9.26 Å². The molecule has 0 aliphatic carbocycles. The summed E-state index contributed by atoms with van der Waals surface area (Å²) in [4.78, 5) is 21.6. The number of benzene rings is 1. The van der Waals surface area contributed by atoms with E-state index in [0.717, 1.165) is 30.3 Å². The molecule has 0 radical (unpaired) electrons. The first-order chi connectivity index (χ1) is 14.0. The molecule has 1 amide bonds. The van der Waals surface area contributed by atoms with Crippen molar-refractivity contribution in [3.05, 3.63) is 36.0 Å². The number of amides is 1. The van der Waals surface area contributed by atoms with E-state index in [2.05, 4.69) is 34.3 Å². The first-order valence-corrected chi connectivity index (χ1v) is 10.2. The van der Waals surface area contributed by atoms with Gasteiger partial charge in [0, 0.05) is 19.4 Å². The summed E-state index contributed by atoms with van der Waals surface area (Å²) in [5.74, 6) is 1.38. The molecule has 1 aromatic carbocycles. The summed E-state index contributed by atoms with van der Waals surface area (Å²) in [7, 11) is 0. The normalized spacial score (nSPS) is 23.7. The highest BCUT2D eigenvalue weighted by Gasteiger charge is 2.32. The molecule has 1 N–H and O–H groups in total. The molecule has 1 fully saturated rings. The number of fused-ring (bicyclic) bond motifs is 3. The molecule has 3 aromatic rings. The number of hydrogen-bond donors (Lipinski definition) is 1. The molecule has 2 aliphatic rings. The maximum absolute atomic E-state index is 12.6. The predicted octanol–water partition coefficient (Wildman–Crippen LogP) is 3.12. The number of hydrogen-bond acceptors (Lipinski definition) is 6. The Morgan fingerprint density at radius 3 is 2.97 bits per heavy atom. The summed E-state index contributed by atoms with van der Waals surface area (Å²) in [5.41, 5.74) is 1.79. The van der Waals surface area contributed by atoms with E-state index in [9.17, 15) is 4.79 Å². The number of para-hydroxylation sites is 2. The minimum Gasteiger partial charge on any atom is -0.372 e. The fourth-order valence-corrected chi connectivity index (χ4v) is 4.37. The second kappa shape index (κ2) is 6.95. The van der Waals surface area contributed by atoms with Gasteiger partial charge in [-0.25, -0.2) is 4.98 Å². The van der Waals surface area contributed by atoms with Crippen molar-refractivity contribution in [3.8, 4) is 0 Å². The number of aromatic nitrogens is 4. The maximum atomic E-state index is 12.6. The van der Waals surface area contributed by atoms with Crippen LogP contribution >= 0.6 is 0 Å². The molecule has 29 heavy (non-hydrogen) atoms. The number of nitrogens with zero attached hydrogens (tertiary/aromatic N) is 4. The van der Waals surface area contributed by atoms with Crippen LogP contribution in [0.25, 0.3) is 11.0 Å². The van der Waals surface area contributed by atoms with E-state index >= 15 is 0 Å². The van der Waals surface area contributed by atoms with Crippen LogP contribution in [0.5, 0.6) is 0 Å². The van der Waals surface area contributed by atoms with Crippen LogP contribution < -0.4 is 5.32 Å². The average Bonchev–Trinajstić information content (AvgIpc) is 3.25. The molecule has 2 atom stereocenters. The third kappa shape index (κ3) is 3.64. The first-order valence-electron chi connectivity index (χ1n) is 10.2. The van der Waals surface area contributed by atoms with Crippen molar-refractivity contribution in [1.29, 1.82) is 0 Å². The highest BCUT2D eigenvalue weighted by atomic mass is 16.5. The van der Waals surface area contributed by atoms with Gasteiger partial charge in [0.05, 0.1) is 28.7 Å². The van der Waals surface area contributed by atoms with E-state index < -0.39 is 0 Å². The maximum Gasteiger partial charge on any atom is 0.232 e. The lowest BCUT2D eigenvalue weighted by Gasteiger charge is -2.35. The lowest BCUT2D eigenvalue weighted by Crippen LogP contribution is -2.36. The summed E-state index contributed by atoms with van der Waals surface area (Å²) in [5, 5.41) is 7.02. The van der Waals surface area contributed by atoms with Crippen LogP contribution in [-0.4, -0.2) is 37.3 Å². The molecule has 8 heteroatoms. The van der Waals surface area contributed by atoms with Gasteiger partial charge in [-0.3, -0.25) is 10.1 Å². The van der Waals surface area contributed by atoms with Gasteiger partial charge in [0.25, 0.3) is 0 Å². The molecule has 4 heterocycles. The lowest BCUT2D eigenvalue weighted by molar-refractivity contribution is -0.121. The first kappa shape index (κ1) is 18.3. The van der Waals surface area contributed by atoms with Crippen molar-refractivity contribution in [1.82, 2.24) is 19.7 Å². The molecule has 1 saturated heterocycles. The lowest BCUT2D eigenvalue weighted by atomic mass is 9.94. The number of rotatable bonds is 4.